The van der Waals surface area contributed by atoms with Crippen LogP contribution in [0, 0.1) is 17.8 Å². The van der Waals surface area contributed by atoms with Crippen LogP contribution in [0.4, 0.5) is 24.9 Å². The number of amides is 1. The van der Waals surface area contributed by atoms with Gasteiger partial charge in [0.2, 0.25) is 11.9 Å². The Labute approximate surface area is 166 Å². The van der Waals surface area contributed by atoms with E-state index in [-0.39, 0.29) is 36.2 Å². The summed E-state index contributed by atoms with van der Waals surface area (Å²) in [6.07, 6.45) is 0.0304. The van der Waals surface area contributed by atoms with E-state index in [1.165, 1.54) is 12.8 Å². The van der Waals surface area contributed by atoms with Crippen molar-refractivity contribution in [2.75, 3.05) is 36.9 Å². The third kappa shape index (κ3) is 3.41. The first kappa shape index (κ1) is 18.9. The van der Waals surface area contributed by atoms with E-state index in [1.54, 1.807) is 4.90 Å². The van der Waals surface area contributed by atoms with E-state index >= 15 is 0 Å². The first-order chi connectivity index (χ1) is 13.9. The molecule has 1 amide bonds. The lowest BCUT2D eigenvalue weighted by atomic mass is 9.52. The summed E-state index contributed by atoms with van der Waals surface area (Å²) in [5, 5.41) is 5.98. The number of rotatable bonds is 7. The van der Waals surface area contributed by atoms with Crippen LogP contribution in [0.2, 0.25) is 0 Å². The maximum atomic E-state index is 13.3. The Morgan fingerprint density at radius 2 is 2.00 bits per heavy atom. The molecule has 2 atom stereocenters. The number of carbonyl (C=O) groups excluding carboxylic acids is 1. The smallest absolute Gasteiger partial charge is 0.378 e. The van der Waals surface area contributed by atoms with Crippen molar-refractivity contribution in [2.45, 2.75) is 43.9 Å². The van der Waals surface area contributed by atoms with E-state index < -0.39 is 11.7 Å². The van der Waals surface area contributed by atoms with E-state index in [9.17, 15) is 18.0 Å². The fourth-order valence-corrected chi connectivity index (χ4v) is 4.83. The van der Waals surface area contributed by atoms with E-state index in [1.807, 2.05) is 0 Å². The molecule has 7 nitrogen and oxygen atoms in total. The number of halogens is 3. The van der Waals surface area contributed by atoms with Gasteiger partial charge in [0.05, 0.1) is 25.2 Å². The summed E-state index contributed by atoms with van der Waals surface area (Å²) >= 11 is 0. The normalized spacial score (nSPS) is 32.6. The SMILES string of the molecule is O=C1C2COCC(C2)N1CCCNc1nc(NC2C3CC2C3)ncc1C(F)(F)F. The second kappa shape index (κ2) is 7.00. The van der Waals surface area contributed by atoms with Crippen LogP contribution in [0.5, 0.6) is 0 Å². The zero-order chi connectivity index (χ0) is 20.2. The molecule has 29 heavy (non-hydrogen) atoms. The summed E-state index contributed by atoms with van der Waals surface area (Å²) in [5.74, 6) is 1.26. The number of hydrogen-bond acceptors (Lipinski definition) is 6. The van der Waals surface area contributed by atoms with Gasteiger partial charge in [-0.3, -0.25) is 4.79 Å². The molecule has 0 spiro atoms. The van der Waals surface area contributed by atoms with Gasteiger partial charge in [0.25, 0.3) is 0 Å². The summed E-state index contributed by atoms with van der Waals surface area (Å²) in [6, 6.07) is 0.387. The topological polar surface area (TPSA) is 79.4 Å². The van der Waals surface area contributed by atoms with Crippen molar-refractivity contribution in [3.8, 4) is 0 Å². The third-order valence-corrected chi connectivity index (χ3v) is 6.74. The van der Waals surface area contributed by atoms with Crippen molar-refractivity contribution in [3.05, 3.63) is 11.8 Å². The number of anilines is 2. The second-order valence-corrected chi connectivity index (χ2v) is 8.55. The van der Waals surface area contributed by atoms with E-state index in [2.05, 4.69) is 20.6 Å². The fourth-order valence-electron chi connectivity index (χ4n) is 4.83. The summed E-state index contributed by atoms with van der Waals surface area (Å²) < 4.78 is 45.4. The van der Waals surface area contributed by atoms with E-state index in [4.69, 9.17) is 4.74 Å². The van der Waals surface area contributed by atoms with Crippen molar-refractivity contribution >= 4 is 17.7 Å². The Morgan fingerprint density at radius 1 is 1.21 bits per heavy atom. The number of likely N-dealkylation sites (tertiary alicyclic amines) is 1. The summed E-state index contributed by atoms with van der Waals surface area (Å²) in [7, 11) is 0. The van der Waals surface area contributed by atoms with E-state index in [0.29, 0.717) is 44.1 Å². The molecule has 2 aliphatic heterocycles. The quantitative estimate of drug-likeness (QED) is 0.671. The van der Waals surface area contributed by atoms with Crippen LogP contribution in [0.15, 0.2) is 6.20 Å². The van der Waals surface area contributed by atoms with Crippen molar-refractivity contribution < 1.29 is 22.7 Å². The largest absolute Gasteiger partial charge is 0.421 e. The minimum atomic E-state index is -4.53. The molecule has 3 aliphatic carbocycles. The van der Waals surface area contributed by atoms with Gasteiger partial charge in [0.15, 0.2) is 0 Å². The molecular formula is C19H24F3N5O2. The van der Waals surface area contributed by atoms with Crippen LogP contribution in [0.1, 0.15) is 31.2 Å². The number of carbonyl (C=O) groups is 1. The molecule has 3 saturated carbocycles. The molecule has 6 rings (SSSR count). The molecule has 2 unspecified atom stereocenters. The molecule has 10 heteroatoms. The standard InChI is InChI=1S/C19H24F3N5O2/c20-19(21,22)14-7-24-18(25-15-10-4-11(15)5-10)26-16(14)23-2-1-3-27-13-6-12(17(27)28)8-29-9-13/h7,10-13,15H,1-6,8-9H2,(H2,23,24,25,26). The van der Waals surface area contributed by atoms with Gasteiger partial charge in [0, 0.05) is 25.3 Å². The Kier molecular flexibility index (Phi) is 4.56. The van der Waals surface area contributed by atoms with E-state index in [0.717, 1.165) is 12.6 Å². The number of ether oxygens (including phenoxy) is 1. The van der Waals surface area contributed by atoms with Crippen molar-refractivity contribution in [3.63, 3.8) is 0 Å². The van der Waals surface area contributed by atoms with Crippen molar-refractivity contribution in [1.82, 2.24) is 14.9 Å². The summed E-state index contributed by atoms with van der Waals surface area (Å²) in [6.45, 7) is 1.80. The van der Waals surface area contributed by atoms with Crippen LogP contribution in [-0.4, -0.2) is 59.2 Å². The van der Waals surface area contributed by atoms with Gasteiger partial charge < -0.3 is 20.3 Å². The number of nitrogens with zero attached hydrogens (tertiary/aromatic N) is 3. The highest BCUT2D eigenvalue weighted by atomic mass is 19.4. The highest BCUT2D eigenvalue weighted by molar-refractivity contribution is 5.82. The molecule has 2 N–H and O–H groups in total. The lowest BCUT2D eigenvalue weighted by molar-refractivity contribution is -0.137. The number of alkyl halides is 3. The van der Waals surface area contributed by atoms with Gasteiger partial charge in [-0.25, -0.2) is 4.98 Å². The zero-order valence-electron chi connectivity index (χ0n) is 15.9. The highest BCUT2D eigenvalue weighted by Gasteiger charge is 2.52. The second-order valence-electron chi connectivity index (χ2n) is 8.55. The molecular weight excluding hydrogens is 387 g/mol. The van der Waals surface area contributed by atoms with Gasteiger partial charge in [0.1, 0.15) is 11.4 Å². The Bertz CT molecular complexity index is 791. The Hall–Kier alpha value is -2.10. The van der Waals surface area contributed by atoms with Crippen LogP contribution in [0.25, 0.3) is 0 Å². The minimum Gasteiger partial charge on any atom is -0.378 e. The molecule has 158 valence electrons. The molecule has 0 aromatic carbocycles. The molecule has 4 bridgehead atoms. The molecule has 0 radical (unpaired) electrons. The fraction of sp³-hybridized carbons (Fsp3) is 0.737. The number of fused-ring (bicyclic) bond motifs is 2. The number of nitrogens with one attached hydrogen (secondary N) is 2. The summed E-state index contributed by atoms with van der Waals surface area (Å²) in [5.41, 5.74) is -0.872. The van der Waals surface area contributed by atoms with Gasteiger partial charge in [-0.1, -0.05) is 0 Å². The molecule has 3 heterocycles. The molecule has 2 saturated heterocycles. The molecule has 5 fully saturated rings. The van der Waals surface area contributed by atoms with Crippen molar-refractivity contribution in [1.29, 1.82) is 0 Å². The number of aromatic nitrogens is 2. The highest BCUT2D eigenvalue weighted by Crippen LogP contribution is 2.54. The lowest BCUT2D eigenvalue weighted by Crippen LogP contribution is -2.59. The maximum Gasteiger partial charge on any atom is 0.421 e. The van der Waals surface area contributed by atoms with Gasteiger partial charge in [-0.05, 0) is 37.5 Å². The number of hydrogen-bond donors (Lipinski definition) is 2. The third-order valence-electron chi connectivity index (χ3n) is 6.74. The minimum absolute atomic E-state index is 0.0632. The monoisotopic (exact) mass is 411 g/mol. The average Bonchev–Trinajstić information content (AvgIpc) is 2.83. The molecule has 1 aromatic heterocycles. The predicted octanol–water partition coefficient (Wildman–Crippen LogP) is 2.37. The van der Waals surface area contributed by atoms with Gasteiger partial charge in [-0.15, -0.1) is 0 Å². The van der Waals surface area contributed by atoms with Crippen LogP contribution >= 0.6 is 0 Å². The first-order valence-corrected chi connectivity index (χ1v) is 10.2. The van der Waals surface area contributed by atoms with Gasteiger partial charge >= 0.3 is 6.18 Å². The first-order valence-electron chi connectivity index (χ1n) is 10.2. The van der Waals surface area contributed by atoms with Crippen molar-refractivity contribution in [2.24, 2.45) is 17.8 Å². The van der Waals surface area contributed by atoms with Crippen LogP contribution < -0.4 is 10.6 Å². The zero-order valence-corrected chi connectivity index (χ0v) is 15.9. The lowest BCUT2D eigenvalue weighted by Gasteiger charge is -2.58. The molecule has 1 aromatic rings. The van der Waals surface area contributed by atoms with Gasteiger partial charge in [-0.2, -0.15) is 18.2 Å². The maximum absolute atomic E-state index is 13.3. The Balaban J connectivity index is 1.20. The summed E-state index contributed by atoms with van der Waals surface area (Å²) in [4.78, 5) is 22.1. The molecule has 5 aliphatic rings. The predicted molar refractivity (Wildman–Crippen MR) is 98.2 cm³/mol. The van der Waals surface area contributed by atoms with Crippen LogP contribution in [-0.2, 0) is 15.7 Å². The Morgan fingerprint density at radius 3 is 2.66 bits per heavy atom. The van der Waals surface area contributed by atoms with Crippen LogP contribution in [0.3, 0.4) is 0 Å². The average molecular weight is 411 g/mol.